The summed E-state index contributed by atoms with van der Waals surface area (Å²) in [7, 11) is 0. The van der Waals surface area contributed by atoms with Crippen LogP contribution in [-0.2, 0) is 4.79 Å². The summed E-state index contributed by atoms with van der Waals surface area (Å²) in [6.07, 6.45) is 0. The number of aromatic nitrogens is 2. The highest BCUT2D eigenvalue weighted by Gasteiger charge is 2.16. The molecule has 1 amide bonds. The molecule has 0 atom stereocenters. The lowest BCUT2D eigenvalue weighted by Gasteiger charge is -2.14. The second-order valence-corrected chi connectivity index (χ2v) is 7.83. The van der Waals surface area contributed by atoms with Crippen LogP contribution in [0.25, 0.3) is 16.6 Å². The first-order chi connectivity index (χ1) is 16.3. The van der Waals surface area contributed by atoms with Gasteiger partial charge in [-0.1, -0.05) is 23.9 Å². The molecule has 0 radical (unpaired) electrons. The highest BCUT2D eigenvalue weighted by atomic mass is 32.2. The summed E-state index contributed by atoms with van der Waals surface area (Å²) in [6, 6.07) is 14.7. The van der Waals surface area contributed by atoms with Gasteiger partial charge in [0.25, 0.3) is 5.56 Å². The van der Waals surface area contributed by atoms with Gasteiger partial charge < -0.3 is 10.1 Å². The number of rotatable bonds is 7. The van der Waals surface area contributed by atoms with E-state index in [4.69, 9.17) is 0 Å². The topological polar surface area (TPSA) is 73.2 Å². The molecule has 174 valence electrons. The van der Waals surface area contributed by atoms with E-state index in [1.165, 1.54) is 28.8 Å². The first-order valence-electron chi connectivity index (χ1n) is 9.76. The van der Waals surface area contributed by atoms with Crippen LogP contribution in [0.15, 0.2) is 76.7 Å². The number of ether oxygens (including phenoxy) is 1. The van der Waals surface area contributed by atoms with Crippen LogP contribution in [0.3, 0.4) is 0 Å². The lowest BCUT2D eigenvalue weighted by Crippen LogP contribution is -2.23. The normalized spacial score (nSPS) is 11.1. The Bertz CT molecular complexity index is 1410. The van der Waals surface area contributed by atoms with E-state index in [9.17, 15) is 27.2 Å². The van der Waals surface area contributed by atoms with Crippen LogP contribution in [0.5, 0.6) is 5.75 Å². The van der Waals surface area contributed by atoms with Crippen LogP contribution in [0.2, 0.25) is 0 Å². The molecule has 0 aliphatic heterocycles. The fraction of sp³-hybridized carbons (Fsp3) is 0.0870. The molecule has 11 heteroatoms. The minimum absolute atomic E-state index is 0.0875. The summed E-state index contributed by atoms with van der Waals surface area (Å²) in [4.78, 5) is 30.0. The summed E-state index contributed by atoms with van der Waals surface area (Å²) in [5.74, 6) is -2.64. The molecule has 34 heavy (non-hydrogen) atoms. The molecule has 0 bridgehead atoms. The Morgan fingerprint density at radius 1 is 1.06 bits per heavy atom. The Balaban J connectivity index is 1.64. The Morgan fingerprint density at radius 3 is 2.50 bits per heavy atom. The van der Waals surface area contributed by atoms with Crippen LogP contribution in [0.4, 0.5) is 23.2 Å². The second kappa shape index (κ2) is 9.96. The lowest BCUT2D eigenvalue weighted by atomic mass is 10.2. The van der Waals surface area contributed by atoms with E-state index in [-0.39, 0.29) is 22.3 Å². The summed E-state index contributed by atoms with van der Waals surface area (Å²) >= 11 is 0.914. The van der Waals surface area contributed by atoms with E-state index in [2.05, 4.69) is 15.0 Å². The number of amides is 1. The predicted molar refractivity (Wildman–Crippen MR) is 120 cm³/mol. The molecule has 0 unspecified atom stereocenters. The van der Waals surface area contributed by atoms with E-state index < -0.39 is 29.7 Å². The number of hydrogen-bond donors (Lipinski definition) is 1. The average molecular weight is 489 g/mol. The number of carbonyl (C=O) groups is 1. The molecule has 3 aromatic carbocycles. The minimum Gasteiger partial charge on any atom is -0.435 e. The van der Waals surface area contributed by atoms with Gasteiger partial charge in [0.15, 0.2) is 5.16 Å². The molecule has 1 N–H and O–H groups in total. The van der Waals surface area contributed by atoms with Crippen molar-refractivity contribution in [2.45, 2.75) is 11.8 Å². The molecule has 0 aliphatic rings. The van der Waals surface area contributed by atoms with E-state index in [1.807, 2.05) is 0 Å². The van der Waals surface area contributed by atoms with Gasteiger partial charge in [-0.3, -0.25) is 14.2 Å². The first kappa shape index (κ1) is 23.3. The van der Waals surface area contributed by atoms with Gasteiger partial charge in [-0.25, -0.2) is 13.8 Å². The number of nitrogens with zero attached hydrogens (tertiary/aromatic N) is 2. The summed E-state index contributed by atoms with van der Waals surface area (Å²) in [6.45, 7) is -2.99. The van der Waals surface area contributed by atoms with Crippen molar-refractivity contribution in [1.82, 2.24) is 9.55 Å². The highest BCUT2D eigenvalue weighted by Crippen LogP contribution is 2.24. The predicted octanol–water partition coefficient (Wildman–Crippen LogP) is 5.00. The summed E-state index contributed by atoms with van der Waals surface area (Å²) in [5, 5.41) is 2.81. The monoisotopic (exact) mass is 489 g/mol. The number of fused-ring (bicyclic) bond motifs is 1. The molecule has 1 aromatic heterocycles. The standard InChI is InChI=1S/C23H15F4N3O3S/c24-13-5-10-19(17(25)11-13)28-20(31)12-34-23-29-18-4-2-1-3-16(18)21(32)30(23)14-6-8-15(9-7-14)33-22(26)27/h1-11,22H,12H2,(H,28,31). The fourth-order valence-corrected chi connectivity index (χ4v) is 3.93. The van der Waals surface area contributed by atoms with Gasteiger partial charge in [-0.2, -0.15) is 8.78 Å². The summed E-state index contributed by atoms with van der Waals surface area (Å²) in [5.41, 5.74) is 0.0948. The van der Waals surface area contributed by atoms with Crippen molar-refractivity contribution in [3.05, 3.63) is 88.7 Å². The first-order valence-corrected chi connectivity index (χ1v) is 10.7. The van der Waals surface area contributed by atoms with Crippen LogP contribution >= 0.6 is 11.8 Å². The Hall–Kier alpha value is -3.86. The molecular weight excluding hydrogens is 474 g/mol. The number of anilines is 1. The lowest BCUT2D eigenvalue weighted by molar-refractivity contribution is -0.113. The Labute approximate surface area is 194 Å². The van der Waals surface area contributed by atoms with Crippen molar-refractivity contribution in [2.24, 2.45) is 0 Å². The number of thioether (sulfide) groups is 1. The number of benzene rings is 3. The second-order valence-electron chi connectivity index (χ2n) is 6.89. The van der Waals surface area contributed by atoms with Crippen molar-refractivity contribution in [3.8, 4) is 11.4 Å². The van der Waals surface area contributed by atoms with Gasteiger partial charge in [0, 0.05) is 6.07 Å². The maximum atomic E-state index is 13.8. The van der Waals surface area contributed by atoms with Crippen LogP contribution in [-0.4, -0.2) is 27.8 Å². The van der Waals surface area contributed by atoms with Gasteiger partial charge in [-0.05, 0) is 48.5 Å². The van der Waals surface area contributed by atoms with Crippen LogP contribution < -0.4 is 15.6 Å². The zero-order valence-corrected chi connectivity index (χ0v) is 18.0. The van der Waals surface area contributed by atoms with Gasteiger partial charge >= 0.3 is 6.61 Å². The van der Waals surface area contributed by atoms with Crippen LogP contribution in [0, 0.1) is 11.6 Å². The van der Waals surface area contributed by atoms with Crippen molar-refractivity contribution in [2.75, 3.05) is 11.1 Å². The molecule has 1 heterocycles. The number of hydrogen-bond acceptors (Lipinski definition) is 5. The number of alkyl halides is 2. The molecule has 0 saturated heterocycles. The van der Waals surface area contributed by atoms with Crippen molar-refractivity contribution < 1.29 is 27.1 Å². The smallest absolute Gasteiger partial charge is 0.387 e. The zero-order valence-electron chi connectivity index (χ0n) is 17.2. The SMILES string of the molecule is O=C(CSc1nc2ccccc2c(=O)n1-c1ccc(OC(F)F)cc1)Nc1ccc(F)cc1F. The summed E-state index contributed by atoms with van der Waals surface area (Å²) < 4.78 is 57.4. The maximum Gasteiger partial charge on any atom is 0.387 e. The van der Waals surface area contributed by atoms with Crippen molar-refractivity contribution >= 4 is 34.3 Å². The number of carbonyl (C=O) groups excluding carboxylic acids is 1. The minimum atomic E-state index is -2.99. The van der Waals surface area contributed by atoms with Crippen molar-refractivity contribution in [1.29, 1.82) is 0 Å². The number of para-hydroxylation sites is 1. The molecule has 0 fully saturated rings. The average Bonchev–Trinajstić information content (AvgIpc) is 2.80. The third-order valence-corrected chi connectivity index (χ3v) is 5.54. The van der Waals surface area contributed by atoms with E-state index in [0.717, 1.165) is 23.9 Å². The van der Waals surface area contributed by atoms with E-state index >= 15 is 0 Å². The molecule has 6 nitrogen and oxygen atoms in total. The largest absolute Gasteiger partial charge is 0.435 e. The molecular formula is C23H15F4N3O3S. The Kier molecular flexibility index (Phi) is 6.82. The van der Waals surface area contributed by atoms with Crippen LogP contribution in [0.1, 0.15) is 0 Å². The fourth-order valence-electron chi connectivity index (χ4n) is 3.12. The number of nitrogens with one attached hydrogen (secondary N) is 1. The molecule has 4 aromatic rings. The van der Waals surface area contributed by atoms with Crippen molar-refractivity contribution in [3.63, 3.8) is 0 Å². The molecule has 0 spiro atoms. The zero-order chi connectivity index (χ0) is 24.2. The van der Waals surface area contributed by atoms with E-state index in [1.54, 1.807) is 24.3 Å². The maximum absolute atomic E-state index is 13.8. The Morgan fingerprint density at radius 2 is 1.79 bits per heavy atom. The molecule has 4 rings (SSSR count). The van der Waals surface area contributed by atoms with Gasteiger partial charge in [0.05, 0.1) is 28.0 Å². The molecule has 0 saturated carbocycles. The number of halogens is 4. The van der Waals surface area contributed by atoms with Gasteiger partial charge in [0.1, 0.15) is 17.4 Å². The van der Waals surface area contributed by atoms with Gasteiger partial charge in [-0.15, -0.1) is 0 Å². The quantitative estimate of drug-likeness (QED) is 0.225. The van der Waals surface area contributed by atoms with E-state index in [0.29, 0.717) is 22.7 Å². The third-order valence-electron chi connectivity index (χ3n) is 4.60. The highest BCUT2D eigenvalue weighted by molar-refractivity contribution is 7.99. The third kappa shape index (κ3) is 5.20. The molecule has 0 aliphatic carbocycles. The van der Waals surface area contributed by atoms with Gasteiger partial charge in [0.2, 0.25) is 5.91 Å².